The molecule has 2 aromatic heterocycles. The van der Waals surface area contributed by atoms with Crippen molar-refractivity contribution in [1.82, 2.24) is 24.8 Å². The van der Waals surface area contributed by atoms with E-state index in [1.54, 1.807) is 0 Å². The molecule has 0 bridgehead atoms. The zero-order chi connectivity index (χ0) is 15.5. The Morgan fingerprint density at radius 3 is 3.00 bits per heavy atom. The molecule has 3 rings (SSSR count). The summed E-state index contributed by atoms with van der Waals surface area (Å²) in [6.07, 6.45) is 8.43. The lowest BCUT2D eigenvalue weighted by Gasteiger charge is -2.21. The summed E-state index contributed by atoms with van der Waals surface area (Å²) < 4.78 is 7.29. The van der Waals surface area contributed by atoms with Crippen LogP contribution < -0.4 is 0 Å². The Labute approximate surface area is 131 Å². The second-order valence-corrected chi connectivity index (χ2v) is 6.61. The van der Waals surface area contributed by atoms with E-state index in [0.29, 0.717) is 12.0 Å². The van der Waals surface area contributed by atoms with Gasteiger partial charge in [0.05, 0.1) is 12.7 Å². The fourth-order valence-corrected chi connectivity index (χ4v) is 3.05. The molecule has 2 aromatic rings. The Kier molecular flexibility index (Phi) is 4.57. The Bertz CT molecular complexity index is 603. The lowest BCUT2D eigenvalue weighted by molar-refractivity contribution is 0.212. The molecule has 3 heterocycles. The number of hydrogen-bond acceptors (Lipinski definition) is 5. The predicted molar refractivity (Wildman–Crippen MR) is 83.1 cm³/mol. The van der Waals surface area contributed by atoms with E-state index in [0.717, 1.165) is 37.6 Å². The molecule has 6 heteroatoms. The number of aromatic nitrogens is 4. The van der Waals surface area contributed by atoms with E-state index < -0.39 is 0 Å². The van der Waals surface area contributed by atoms with E-state index in [2.05, 4.69) is 40.2 Å². The van der Waals surface area contributed by atoms with Crippen LogP contribution in [0.4, 0.5) is 0 Å². The third kappa shape index (κ3) is 3.55. The Morgan fingerprint density at radius 2 is 2.27 bits per heavy atom. The molecule has 1 aliphatic heterocycles. The molecule has 1 unspecified atom stereocenters. The first-order chi connectivity index (χ1) is 10.6. The Morgan fingerprint density at radius 1 is 1.41 bits per heavy atom. The first-order valence-electron chi connectivity index (χ1n) is 8.16. The summed E-state index contributed by atoms with van der Waals surface area (Å²) >= 11 is 0. The summed E-state index contributed by atoms with van der Waals surface area (Å²) in [5.41, 5.74) is 1.28. The van der Waals surface area contributed by atoms with Gasteiger partial charge in [-0.05, 0) is 31.7 Å². The molecule has 22 heavy (non-hydrogen) atoms. The first kappa shape index (κ1) is 15.2. The molecule has 1 aliphatic rings. The fraction of sp³-hybridized carbons (Fsp3) is 0.688. The molecule has 1 atom stereocenters. The normalized spacial score (nSPS) is 19.4. The average Bonchev–Trinajstić information content (AvgIpc) is 3.18. The van der Waals surface area contributed by atoms with Crippen molar-refractivity contribution in [1.29, 1.82) is 0 Å². The van der Waals surface area contributed by atoms with Crippen molar-refractivity contribution in [2.45, 2.75) is 52.1 Å². The lowest BCUT2D eigenvalue weighted by atomic mass is 10.1. The van der Waals surface area contributed by atoms with Crippen molar-refractivity contribution < 1.29 is 4.52 Å². The van der Waals surface area contributed by atoms with Crippen LogP contribution in [0.15, 0.2) is 16.9 Å². The fourth-order valence-electron chi connectivity index (χ4n) is 3.05. The molecule has 0 N–H and O–H groups in total. The zero-order valence-corrected chi connectivity index (χ0v) is 13.7. The van der Waals surface area contributed by atoms with Gasteiger partial charge in [0.2, 0.25) is 5.89 Å². The van der Waals surface area contributed by atoms with Gasteiger partial charge in [-0.3, -0.25) is 9.58 Å². The maximum Gasteiger partial charge on any atom is 0.240 e. The van der Waals surface area contributed by atoms with Crippen molar-refractivity contribution in [2.75, 3.05) is 6.54 Å². The molecular formula is C16H25N5O. The predicted octanol–water partition coefficient (Wildman–Crippen LogP) is 2.73. The van der Waals surface area contributed by atoms with Crippen LogP contribution in [-0.4, -0.2) is 31.4 Å². The minimum Gasteiger partial charge on any atom is -0.338 e. The van der Waals surface area contributed by atoms with Crippen molar-refractivity contribution in [2.24, 2.45) is 13.0 Å². The van der Waals surface area contributed by atoms with Crippen molar-refractivity contribution in [3.63, 3.8) is 0 Å². The Hall–Kier alpha value is -1.69. The van der Waals surface area contributed by atoms with E-state index in [-0.39, 0.29) is 0 Å². The Balaban J connectivity index is 1.62. The topological polar surface area (TPSA) is 60.0 Å². The van der Waals surface area contributed by atoms with Crippen molar-refractivity contribution in [3.8, 4) is 0 Å². The third-order valence-electron chi connectivity index (χ3n) is 4.27. The van der Waals surface area contributed by atoms with Crippen LogP contribution in [0.1, 0.15) is 56.4 Å². The minimum absolute atomic E-state index is 0.416. The SMILES string of the molecule is CC(C)CCc1noc(CN2CCCC2c2cnn(C)c2)n1. The molecular weight excluding hydrogens is 278 g/mol. The molecule has 120 valence electrons. The van der Waals surface area contributed by atoms with Gasteiger partial charge in [0.15, 0.2) is 5.82 Å². The molecule has 1 saturated heterocycles. The molecule has 0 saturated carbocycles. The van der Waals surface area contributed by atoms with Gasteiger partial charge < -0.3 is 4.52 Å². The van der Waals surface area contributed by atoms with Gasteiger partial charge in [0.25, 0.3) is 0 Å². The quantitative estimate of drug-likeness (QED) is 0.821. The molecule has 1 fully saturated rings. The van der Waals surface area contributed by atoms with Crippen molar-refractivity contribution >= 4 is 0 Å². The van der Waals surface area contributed by atoms with Gasteiger partial charge >= 0.3 is 0 Å². The van der Waals surface area contributed by atoms with Crippen LogP contribution in [0.2, 0.25) is 0 Å². The first-order valence-corrected chi connectivity index (χ1v) is 8.16. The number of likely N-dealkylation sites (tertiary alicyclic amines) is 1. The van der Waals surface area contributed by atoms with E-state index in [1.807, 2.05) is 17.9 Å². The highest BCUT2D eigenvalue weighted by atomic mass is 16.5. The molecule has 0 aliphatic carbocycles. The minimum atomic E-state index is 0.416. The lowest BCUT2D eigenvalue weighted by Crippen LogP contribution is -2.22. The number of hydrogen-bond donors (Lipinski definition) is 0. The van der Waals surface area contributed by atoms with Crippen LogP contribution in [0.3, 0.4) is 0 Å². The van der Waals surface area contributed by atoms with E-state index in [4.69, 9.17) is 4.52 Å². The second kappa shape index (κ2) is 6.60. The van der Waals surface area contributed by atoms with E-state index in [9.17, 15) is 0 Å². The van der Waals surface area contributed by atoms with Crippen LogP contribution in [0, 0.1) is 5.92 Å². The third-order valence-corrected chi connectivity index (χ3v) is 4.27. The van der Waals surface area contributed by atoms with Gasteiger partial charge in [0.1, 0.15) is 0 Å². The van der Waals surface area contributed by atoms with Crippen LogP contribution in [-0.2, 0) is 20.0 Å². The highest BCUT2D eigenvalue weighted by Crippen LogP contribution is 2.32. The maximum absolute atomic E-state index is 5.42. The molecule has 0 spiro atoms. The summed E-state index contributed by atoms with van der Waals surface area (Å²) in [5, 5.41) is 8.39. The largest absolute Gasteiger partial charge is 0.338 e. The van der Waals surface area contributed by atoms with Gasteiger partial charge in [-0.15, -0.1) is 0 Å². The molecule has 6 nitrogen and oxygen atoms in total. The highest BCUT2D eigenvalue weighted by Gasteiger charge is 2.28. The van der Waals surface area contributed by atoms with E-state index in [1.165, 1.54) is 18.4 Å². The summed E-state index contributed by atoms with van der Waals surface area (Å²) in [5.74, 6) is 2.23. The van der Waals surface area contributed by atoms with Gasteiger partial charge in [-0.25, -0.2) is 0 Å². The monoisotopic (exact) mass is 303 g/mol. The number of rotatable bonds is 6. The molecule has 0 aromatic carbocycles. The molecule has 0 radical (unpaired) electrons. The molecule has 0 amide bonds. The zero-order valence-electron chi connectivity index (χ0n) is 13.7. The average molecular weight is 303 g/mol. The number of nitrogens with zero attached hydrogens (tertiary/aromatic N) is 5. The summed E-state index contributed by atoms with van der Waals surface area (Å²) in [7, 11) is 1.96. The van der Waals surface area contributed by atoms with Gasteiger partial charge in [-0.1, -0.05) is 19.0 Å². The summed E-state index contributed by atoms with van der Waals surface area (Å²) in [6.45, 7) is 6.23. The second-order valence-electron chi connectivity index (χ2n) is 6.61. The van der Waals surface area contributed by atoms with E-state index >= 15 is 0 Å². The summed E-state index contributed by atoms with van der Waals surface area (Å²) in [4.78, 5) is 6.95. The summed E-state index contributed by atoms with van der Waals surface area (Å²) in [6, 6.07) is 0.416. The van der Waals surface area contributed by atoms with Crippen molar-refractivity contribution in [3.05, 3.63) is 29.7 Å². The maximum atomic E-state index is 5.42. The number of aryl methyl sites for hydroxylation is 2. The standard InChI is InChI=1S/C16H25N5O/c1-12(2)6-7-15-18-16(22-19-15)11-21-8-4-5-14(21)13-9-17-20(3)10-13/h9-10,12,14H,4-8,11H2,1-3H3. The van der Waals surface area contributed by atoms with Crippen LogP contribution in [0.5, 0.6) is 0 Å². The van der Waals surface area contributed by atoms with Gasteiger partial charge in [-0.2, -0.15) is 10.1 Å². The van der Waals surface area contributed by atoms with Gasteiger partial charge in [0, 0.05) is 31.3 Å². The van der Waals surface area contributed by atoms with Crippen LogP contribution in [0.25, 0.3) is 0 Å². The smallest absolute Gasteiger partial charge is 0.240 e. The van der Waals surface area contributed by atoms with Crippen LogP contribution >= 0.6 is 0 Å². The highest BCUT2D eigenvalue weighted by molar-refractivity contribution is 5.12.